The van der Waals surface area contributed by atoms with E-state index < -0.39 is 5.97 Å². The van der Waals surface area contributed by atoms with E-state index in [4.69, 9.17) is 5.11 Å². The number of hydrogen-bond donors (Lipinski definition) is 3. The molecule has 1 aliphatic heterocycles. The molecule has 108 valence electrons. The van der Waals surface area contributed by atoms with Crippen LogP contribution in [0.2, 0.25) is 0 Å². The average molecular weight is 268 g/mol. The fourth-order valence-electron chi connectivity index (χ4n) is 3.25. The van der Waals surface area contributed by atoms with Gasteiger partial charge in [0.15, 0.2) is 0 Å². The molecule has 0 aromatic rings. The van der Waals surface area contributed by atoms with Crippen molar-refractivity contribution < 1.29 is 14.7 Å². The molecular formula is C14H24N2O3. The molecule has 0 aromatic carbocycles. The smallest absolute Gasteiger partial charge is 0.306 e. The van der Waals surface area contributed by atoms with E-state index in [0.717, 1.165) is 45.2 Å². The maximum Gasteiger partial charge on any atom is 0.306 e. The number of carbonyl (C=O) groups excluding carboxylic acids is 1. The maximum atomic E-state index is 12.3. The standard InChI is InChI=1S/C14H24N2O3/c1-14(5-7-15-8-6-14)13(19)16-9-10-3-2-4-11(10)12(17)18/h10-11,15H,2-9H2,1H3,(H,16,19)(H,17,18). The number of rotatable bonds is 4. The van der Waals surface area contributed by atoms with Gasteiger partial charge in [0.25, 0.3) is 0 Å². The van der Waals surface area contributed by atoms with Gasteiger partial charge in [0, 0.05) is 12.0 Å². The Hall–Kier alpha value is -1.10. The van der Waals surface area contributed by atoms with Crippen LogP contribution >= 0.6 is 0 Å². The quantitative estimate of drug-likeness (QED) is 0.710. The highest BCUT2D eigenvalue weighted by Gasteiger charge is 2.37. The Labute approximate surface area is 114 Å². The van der Waals surface area contributed by atoms with E-state index in [9.17, 15) is 9.59 Å². The average Bonchev–Trinajstić information content (AvgIpc) is 2.85. The number of piperidine rings is 1. The Kier molecular flexibility index (Phi) is 4.45. The summed E-state index contributed by atoms with van der Waals surface area (Å²) in [5.41, 5.74) is -0.289. The zero-order chi connectivity index (χ0) is 13.9. The van der Waals surface area contributed by atoms with E-state index in [0.29, 0.717) is 6.54 Å². The van der Waals surface area contributed by atoms with Crippen molar-refractivity contribution in [3.8, 4) is 0 Å². The SMILES string of the molecule is CC1(C(=O)NCC2CCCC2C(=O)O)CCNCC1. The molecule has 1 amide bonds. The van der Waals surface area contributed by atoms with Crippen molar-refractivity contribution in [3.05, 3.63) is 0 Å². The van der Waals surface area contributed by atoms with Crippen LogP contribution in [0.4, 0.5) is 0 Å². The predicted octanol–water partition coefficient (Wildman–Crippen LogP) is 0.993. The zero-order valence-corrected chi connectivity index (χ0v) is 11.6. The molecule has 5 nitrogen and oxygen atoms in total. The van der Waals surface area contributed by atoms with E-state index in [2.05, 4.69) is 10.6 Å². The van der Waals surface area contributed by atoms with Crippen molar-refractivity contribution in [3.63, 3.8) is 0 Å². The Morgan fingerprint density at radius 3 is 2.63 bits per heavy atom. The molecule has 0 spiro atoms. The summed E-state index contributed by atoms with van der Waals surface area (Å²) in [5.74, 6) is -0.803. The van der Waals surface area contributed by atoms with Crippen LogP contribution in [0.15, 0.2) is 0 Å². The Balaban J connectivity index is 1.84. The van der Waals surface area contributed by atoms with E-state index in [-0.39, 0.29) is 23.2 Å². The van der Waals surface area contributed by atoms with Crippen LogP contribution < -0.4 is 10.6 Å². The number of hydrogen-bond acceptors (Lipinski definition) is 3. The lowest BCUT2D eigenvalue weighted by Gasteiger charge is -2.33. The maximum absolute atomic E-state index is 12.3. The summed E-state index contributed by atoms with van der Waals surface area (Å²) in [6.45, 7) is 4.28. The first kappa shape index (κ1) is 14.3. The van der Waals surface area contributed by atoms with Crippen LogP contribution in [-0.2, 0) is 9.59 Å². The number of carbonyl (C=O) groups is 2. The topological polar surface area (TPSA) is 78.4 Å². The molecule has 2 aliphatic rings. The number of carboxylic acids is 1. The molecule has 0 aromatic heterocycles. The lowest BCUT2D eigenvalue weighted by atomic mass is 9.80. The zero-order valence-electron chi connectivity index (χ0n) is 11.6. The second-order valence-corrected chi connectivity index (χ2v) is 6.16. The van der Waals surface area contributed by atoms with Gasteiger partial charge in [-0.15, -0.1) is 0 Å². The molecular weight excluding hydrogens is 244 g/mol. The first-order valence-corrected chi connectivity index (χ1v) is 7.25. The summed E-state index contributed by atoms with van der Waals surface area (Å²) in [5, 5.41) is 15.4. The molecule has 1 aliphatic carbocycles. The molecule has 1 saturated carbocycles. The normalized spacial score (nSPS) is 29.9. The molecule has 0 bridgehead atoms. The van der Waals surface area contributed by atoms with Crippen LogP contribution in [0.5, 0.6) is 0 Å². The highest BCUT2D eigenvalue weighted by Crippen LogP contribution is 2.32. The molecule has 3 N–H and O–H groups in total. The van der Waals surface area contributed by atoms with Crippen LogP contribution in [0.3, 0.4) is 0 Å². The number of nitrogens with one attached hydrogen (secondary N) is 2. The summed E-state index contributed by atoms with van der Waals surface area (Å²) in [6.07, 6.45) is 4.32. The number of amides is 1. The van der Waals surface area contributed by atoms with Gasteiger partial charge in [0.2, 0.25) is 5.91 Å². The highest BCUT2D eigenvalue weighted by molar-refractivity contribution is 5.82. The van der Waals surface area contributed by atoms with E-state index >= 15 is 0 Å². The van der Waals surface area contributed by atoms with Crippen molar-refractivity contribution in [2.75, 3.05) is 19.6 Å². The van der Waals surface area contributed by atoms with Crippen molar-refractivity contribution in [1.82, 2.24) is 10.6 Å². The Morgan fingerprint density at radius 2 is 2.00 bits per heavy atom. The van der Waals surface area contributed by atoms with E-state index in [1.54, 1.807) is 0 Å². The van der Waals surface area contributed by atoms with Gasteiger partial charge in [-0.2, -0.15) is 0 Å². The number of aliphatic carboxylic acids is 1. The lowest BCUT2D eigenvalue weighted by molar-refractivity contribution is -0.143. The third-order valence-electron chi connectivity index (χ3n) is 4.76. The highest BCUT2D eigenvalue weighted by atomic mass is 16.4. The van der Waals surface area contributed by atoms with Crippen molar-refractivity contribution in [2.45, 2.75) is 39.0 Å². The second kappa shape index (κ2) is 5.90. The third kappa shape index (κ3) is 3.26. The molecule has 1 saturated heterocycles. The molecule has 1 heterocycles. The molecule has 2 rings (SSSR count). The van der Waals surface area contributed by atoms with Crippen molar-refractivity contribution >= 4 is 11.9 Å². The van der Waals surface area contributed by atoms with Crippen LogP contribution in [0, 0.1) is 17.3 Å². The van der Waals surface area contributed by atoms with Gasteiger partial charge in [-0.25, -0.2) is 0 Å². The summed E-state index contributed by atoms with van der Waals surface area (Å²) >= 11 is 0. The summed E-state index contributed by atoms with van der Waals surface area (Å²) in [7, 11) is 0. The predicted molar refractivity (Wildman–Crippen MR) is 71.7 cm³/mol. The van der Waals surface area contributed by atoms with Crippen molar-refractivity contribution in [1.29, 1.82) is 0 Å². The van der Waals surface area contributed by atoms with Gasteiger partial charge in [-0.3, -0.25) is 9.59 Å². The Morgan fingerprint density at radius 1 is 1.32 bits per heavy atom. The van der Waals surface area contributed by atoms with Crippen LogP contribution in [0.1, 0.15) is 39.0 Å². The summed E-state index contributed by atoms with van der Waals surface area (Å²) in [6, 6.07) is 0. The minimum absolute atomic E-state index is 0.0880. The fraction of sp³-hybridized carbons (Fsp3) is 0.857. The Bertz CT molecular complexity index is 351. The third-order valence-corrected chi connectivity index (χ3v) is 4.76. The summed E-state index contributed by atoms with van der Waals surface area (Å²) < 4.78 is 0. The van der Waals surface area contributed by atoms with Gasteiger partial charge in [-0.1, -0.05) is 13.3 Å². The van der Waals surface area contributed by atoms with Gasteiger partial charge >= 0.3 is 5.97 Å². The summed E-state index contributed by atoms with van der Waals surface area (Å²) in [4.78, 5) is 23.4. The second-order valence-electron chi connectivity index (χ2n) is 6.16. The fourth-order valence-corrected chi connectivity index (χ4v) is 3.25. The molecule has 2 atom stereocenters. The van der Waals surface area contributed by atoms with E-state index in [1.165, 1.54) is 0 Å². The number of carboxylic acid groups (broad SMARTS) is 1. The minimum atomic E-state index is -0.718. The first-order valence-electron chi connectivity index (χ1n) is 7.25. The van der Waals surface area contributed by atoms with Gasteiger partial charge in [-0.05, 0) is 44.7 Å². The molecule has 0 radical (unpaired) electrons. The lowest BCUT2D eigenvalue weighted by Crippen LogP contribution is -2.47. The molecule has 2 fully saturated rings. The van der Waals surface area contributed by atoms with Gasteiger partial charge in [0.05, 0.1) is 5.92 Å². The van der Waals surface area contributed by atoms with Gasteiger partial charge < -0.3 is 15.7 Å². The molecule has 5 heteroatoms. The van der Waals surface area contributed by atoms with Crippen LogP contribution in [-0.4, -0.2) is 36.6 Å². The monoisotopic (exact) mass is 268 g/mol. The largest absolute Gasteiger partial charge is 0.481 e. The van der Waals surface area contributed by atoms with Crippen LogP contribution in [0.25, 0.3) is 0 Å². The molecule has 2 unspecified atom stereocenters. The molecule has 19 heavy (non-hydrogen) atoms. The minimum Gasteiger partial charge on any atom is -0.481 e. The first-order chi connectivity index (χ1) is 9.03. The van der Waals surface area contributed by atoms with E-state index in [1.807, 2.05) is 6.92 Å². The van der Waals surface area contributed by atoms with Gasteiger partial charge in [0.1, 0.15) is 0 Å². The van der Waals surface area contributed by atoms with Crippen molar-refractivity contribution in [2.24, 2.45) is 17.3 Å².